The van der Waals surface area contributed by atoms with Crippen molar-refractivity contribution in [3.05, 3.63) is 35.4 Å². The van der Waals surface area contributed by atoms with Crippen LogP contribution in [0.2, 0.25) is 0 Å². The monoisotopic (exact) mass is 259 g/mol. The number of nitrogens with two attached hydrogens (primary N) is 1. The van der Waals surface area contributed by atoms with Crippen molar-refractivity contribution in [1.82, 2.24) is 0 Å². The third-order valence-electron chi connectivity index (χ3n) is 2.70. The Morgan fingerprint density at radius 1 is 1.28 bits per heavy atom. The number of carbonyl (C=O) groups is 1. The molecule has 0 saturated heterocycles. The van der Waals surface area contributed by atoms with Gasteiger partial charge in [-0.1, -0.05) is 19.1 Å². The van der Waals surface area contributed by atoms with Crippen LogP contribution in [0.3, 0.4) is 0 Å². The Labute approximate surface area is 104 Å². The first-order valence-corrected chi connectivity index (χ1v) is 5.76. The lowest BCUT2D eigenvalue weighted by Gasteiger charge is -2.09. The van der Waals surface area contributed by atoms with E-state index in [0.717, 1.165) is 12.1 Å². The molecule has 1 atom stereocenters. The predicted molar refractivity (Wildman–Crippen MR) is 63.0 cm³/mol. The molecule has 0 saturated carbocycles. The molecule has 0 spiro atoms. The molecular formula is C13H16F3NO. The summed E-state index contributed by atoms with van der Waals surface area (Å²) in [4.78, 5) is 11.6. The fraction of sp³-hybridized carbons (Fsp3) is 0.462. The molecule has 100 valence electrons. The normalized spacial score (nSPS) is 13.4. The average Bonchev–Trinajstić information content (AvgIpc) is 2.28. The summed E-state index contributed by atoms with van der Waals surface area (Å²) in [5, 5.41) is 0. The Morgan fingerprint density at radius 3 is 2.28 bits per heavy atom. The zero-order chi connectivity index (χ0) is 13.8. The Balaban J connectivity index is 2.61. The SMILES string of the molecule is CCC(N)CC(=O)Cc1ccc(C(F)(F)F)cc1. The van der Waals surface area contributed by atoms with Gasteiger partial charge in [-0.05, 0) is 24.1 Å². The summed E-state index contributed by atoms with van der Waals surface area (Å²) in [7, 11) is 0. The lowest BCUT2D eigenvalue weighted by Crippen LogP contribution is -2.23. The van der Waals surface area contributed by atoms with Crippen LogP contribution < -0.4 is 5.73 Å². The quantitative estimate of drug-likeness (QED) is 0.883. The first-order chi connectivity index (χ1) is 8.32. The summed E-state index contributed by atoms with van der Waals surface area (Å²) in [6.07, 6.45) is -3.24. The van der Waals surface area contributed by atoms with Gasteiger partial charge in [0.05, 0.1) is 5.56 Å². The van der Waals surface area contributed by atoms with Crippen molar-refractivity contribution >= 4 is 5.78 Å². The van der Waals surface area contributed by atoms with Gasteiger partial charge in [0.25, 0.3) is 0 Å². The summed E-state index contributed by atoms with van der Waals surface area (Å²) in [5.74, 6) is -0.0518. The zero-order valence-electron chi connectivity index (χ0n) is 10.1. The van der Waals surface area contributed by atoms with E-state index in [0.29, 0.717) is 12.0 Å². The second-order valence-electron chi connectivity index (χ2n) is 4.28. The van der Waals surface area contributed by atoms with E-state index < -0.39 is 11.7 Å². The molecule has 5 heteroatoms. The van der Waals surface area contributed by atoms with E-state index in [1.807, 2.05) is 6.92 Å². The molecule has 18 heavy (non-hydrogen) atoms. The topological polar surface area (TPSA) is 43.1 Å². The third-order valence-corrected chi connectivity index (χ3v) is 2.70. The highest BCUT2D eigenvalue weighted by atomic mass is 19.4. The first-order valence-electron chi connectivity index (χ1n) is 5.76. The number of hydrogen-bond donors (Lipinski definition) is 1. The minimum absolute atomic E-state index is 0.0518. The minimum Gasteiger partial charge on any atom is -0.327 e. The largest absolute Gasteiger partial charge is 0.416 e. The van der Waals surface area contributed by atoms with Crippen LogP contribution in [0.4, 0.5) is 13.2 Å². The summed E-state index contributed by atoms with van der Waals surface area (Å²) in [6.45, 7) is 1.88. The van der Waals surface area contributed by atoms with Crippen molar-refractivity contribution in [3.8, 4) is 0 Å². The maximum Gasteiger partial charge on any atom is 0.416 e. The van der Waals surface area contributed by atoms with E-state index >= 15 is 0 Å². The molecule has 2 N–H and O–H groups in total. The van der Waals surface area contributed by atoms with Crippen molar-refractivity contribution in [2.24, 2.45) is 5.73 Å². The number of carbonyl (C=O) groups excluding carboxylic acids is 1. The van der Waals surface area contributed by atoms with Crippen LogP contribution in [0.1, 0.15) is 30.9 Å². The fourth-order valence-electron chi connectivity index (χ4n) is 1.55. The third kappa shape index (κ3) is 4.49. The molecular weight excluding hydrogens is 243 g/mol. The Morgan fingerprint density at radius 2 is 1.83 bits per heavy atom. The van der Waals surface area contributed by atoms with E-state index in [9.17, 15) is 18.0 Å². The molecule has 0 heterocycles. The number of alkyl halides is 3. The van der Waals surface area contributed by atoms with Gasteiger partial charge in [-0.2, -0.15) is 13.2 Å². The van der Waals surface area contributed by atoms with Gasteiger partial charge in [-0.15, -0.1) is 0 Å². The summed E-state index contributed by atoms with van der Waals surface area (Å²) >= 11 is 0. The van der Waals surface area contributed by atoms with Crippen molar-refractivity contribution < 1.29 is 18.0 Å². The minimum atomic E-state index is -4.34. The van der Waals surface area contributed by atoms with Gasteiger partial charge in [-0.3, -0.25) is 4.79 Å². The van der Waals surface area contributed by atoms with Crippen LogP contribution in [0.15, 0.2) is 24.3 Å². The number of ketones is 1. The van der Waals surface area contributed by atoms with Gasteiger partial charge in [0.15, 0.2) is 0 Å². The lowest BCUT2D eigenvalue weighted by atomic mass is 10.0. The molecule has 1 aromatic rings. The smallest absolute Gasteiger partial charge is 0.327 e. The van der Waals surface area contributed by atoms with Crippen LogP contribution in [0.5, 0.6) is 0 Å². The van der Waals surface area contributed by atoms with Gasteiger partial charge < -0.3 is 5.73 Å². The maximum atomic E-state index is 12.3. The van der Waals surface area contributed by atoms with Gasteiger partial charge >= 0.3 is 6.18 Å². The van der Waals surface area contributed by atoms with Crippen molar-refractivity contribution in [2.75, 3.05) is 0 Å². The van der Waals surface area contributed by atoms with Gasteiger partial charge in [0.2, 0.25) is 0 Å². The van der Waals surface area contributed by atoms with E-state index in [-0.39, 0.29) is 24.7 Å². The van der Waals surface area contributed by atoms with Crippen molar-refractivity contribution in [3.63, 3.8) is 0 Å². The average molecular weight is 259 g/mol. The highest BCUT2D eigenvalue weighted by Crippen LogP contribution is 2.29. The maximum absolute atomic E-state index is 12.3. The van der Waals surface area contributed by atoms with Crippen LogP contribution in [0, 0.1) is 0 Å². The highest BCUT2D eigenvalue weighted by molar-refractivity contribution is 5.81. The summed E-state index contributed by atoms with van der Waals surface area (Å²) in [6, 6.07) is 4.47. The molecule has 0 aliphatic heterocycles. The molecule has 0 fully saturated rings. The van der Waals surface area contributed by atoms with Crippen LogP contribution in [-0.4, -0.2) is 11.8 Å². The van der Waals surface area contributed by atoms with E-state index in [2.05, 4.69) is 0 Å². The van der Waals surface area contributed by atoms with Crippen LogP contribution in [0.25, 0.3) is 0 Å². The molecule has 0 aliphatic rings. The van der Waals surface area contributed by atoms with Crippen LogP contribution >= 0.6 is 0 Å². The van der Waals surface area contributed by atoms with Gasteiger partial charge in [0, 0.05) is 18.9 Å². The van der Waals surface area contributed by atoms with Crippen molar-refractivity contribution in [1.29, 1.82) is 0 Å². The molecule has 1 aromatic carbocycles. The second kappa shape index (κ2) is 6.00. The standard InChI is InChI=1S/C13H16F3NO/c1-2-11(17)8-12(18)7-9-3-5-10(6-4-9)13(14,15)16/h3-6,11H,2,7-8,17H2,1H3. The molecule has 0 bridgehead atoms. The van der Waals surface area contributed by atoms with E-state index in [4.69, 9.17) is 5.73 Å². The molecule has 0 amide bonds. The molecule has 1 unspecified atom stereocenters. The van der Waals surface area contributed by atoms with Gasteiger partial charge in [-0.25, -0.2) is 0 Å². The summed E-state index contributed by atoms with van der Waals surface area (Å²) < 4.78 is 36.9. The predicted octanol–water partition coefficient (Wildman–Crippen LogP) is 2.94. The number of hydrogen-bond acceptors (Lipinski definition) is 2. The lowest BCUT2D eigenvalue weighted by molar-refractivity contribution is -0.137. The Kier molecular flexibility index (Phi) is 4.90. The molecule has 0 aromatic heterocycles. The molecule has 2 nitrogen and oxygen atoms in total. The van der Waals surface area contributed by atoms with Crippen molar-refractivity contribution in [2.45, 2.75) is 38.4 Å². The Hall–Kier alpha value is -1.36. The molecule has 1 rings (SSSR count). The highest BCUT2D eigenvalue weighted by Gasteiger charge is 2.29. The first kappa shape index (κ1) is 14.7. The number of rotatable bonds is 5. The molecule has 0 aliphatic carbocycles. The second-order valence-corrected chi connectivity index (χ2v) is 4.28. The Bertz CT molecular complexity index is 398. The summed E-state index contributed by atoms with van der Waals surface area (Å²) in [5.41, 5.74) is 5.51. The van der Waals surface area contributed by atoms with Gasteiger partial charge in [0.1, 0.15) is 5.78 Å². The number of benzene rings is 1. The molecule has 0 radical (unpaired) electrons. The van der Waals surface area contributed by atoms with E-state index in [1.54, 1.807) is 0 Å². The zero-order valence-corrected chi connectivity index (χ0v) is 10.1. The number of Topliss-reactive ketones (excluding diaryl/α,β-unsaturated/α-hetero) is 1. The van der Waals surface area contributed by atoms with E-state index in [1.165, 1.54) is 12.1 Å². The number of halogens is 3. The fourth-order valence-corrected chi connectivity index (χ4v) is 1.55. The van der Waals surface area contributed by atoms with Crippen LogP contribution in [-0.2, 0) is 17.4 Å².